The quantitative estimate of drug-likeness (QED) is 0.237. The molecule has 1 saturated heterocycles. The number of carbonyl (C=O) groups is 1. The normalized spacial score (nSPS) is 14.4. The molecule has 0 unspecified atom stereocenters. The number of nitrogens with one attached hydrogen (secondary N) is 1. The third-order valence-corrected chi connectivity index (χ3v) is 7.67. The van der Waals surface area contributed by atoms with E-state index in [4.69, 9.17) is 23.2 Å². The molecular formula is C31H35Cl2N4O2+. The van der Waals surface area contributed by atoms with Gasteiger partial charge in [0.05, 0.1) is 11.2 Å². The van der Waals surface area contributed by atoms with Crippen LogP contribution in [0, 0.1) is 0 Å². The fourth-order valence-corrected chi connectivity index (χ4v) is 5.51. The zero-order chi connectivity index (χ0) is 28.0. The Kier molecular flexibility index (Phi) is 9.44. The van der Waals surface area contributed by atoms with Crippen molar-refractivity contribution < 1.29 is 14.9 Å². The van der Waals surface area contributed by atoms with Crippen LogP contribution in [-0.4, -0.2) is 59.6 Å². The van der Waals surface area contributed by atoms with E-state index in [9.17, 15) is 9.90 Å². The molecule has 0 spiro atoms. The summed E-state index contributed by atoms with van der Waals surface area (Å²) in [6.07, 6.45) is 2.71. The van der Waals surface area contributed by atoms with Crippen LogP contribution in [0.15, 0.2) is 71.7 Å². The van der Waals surface area contributed by atoms with Crippen LogP contribution in [0.3, 0.4) is 0 Å². The Labute approximate surface area is 240 Å². The lowest BCUT2D eigenvalue weighted by atomic mass is 9.90. The maximum Gasteiger partial charge on any atom is 0.358 e. The second-order valence-electron chi connectivity index (χ2n) is 10.4. The van der Waals surface area contributed by atoms with Gasteiger partial charge in [-0.15, -0.1) is 0 Å². The molecule has 0 aliphatic carbocycles. The van der Waals surface area contributed by atoms with Crippen molar-refractivity contribution in [3.05, 3.63) is 82.3 Å². The van der Waals surface area contributed by atoms with Gasteiger partial charge in [0.15, 0.2) is 0 Å². The summed E-state index contributed by atoms with van der Waals surface area (Å²) in [7, 11) is 0. The van der Waals surface area contributed by atoms with E-state index >= 15 is 0 Å². The number of aliphatic hydroxyl groups excluding tert-OH is 1. The van der Waals surface area contributed by atoms with Crippen molar-refractivity contribution in [1.82, 2.24) is 9.80 Å². The monoisotopic (exact) mass is 565 g/mol. The highest BCUT2D eigenvalue weighted by Crippen LogP contribution is 2.31. The Balaban J connectivity index is 1.60. The number of nitrogens with zero attached hydrogens (tertiary/aromatic N) is 3. The van der Waals surface area contributed by atoms with E-state index in [0.717, 1.165) is 35.5 Å². The first-order valence-electron chi connectivity index (χ1n) is 13.1. The number of hydrogen-bond acceptors (Lipinski definition) is 3. The summed E-state index contributed by atoms with van der Waals surface area (Å²) in [5.74, 6) is -0.0977. The Hall–Kier alpha value is -3.19. The fraction of sp³-hybridized carbons (Fsp3) is 0.323. The lowest BCUT2D eigenvalue weighted by Gasteiger charge is -2.38. The van der Waals surface area contributed by atoms with Crippen LogP contribution < -0.4 is 4.99 Å². The van der Waals surface area contributed by atoms with E-state index in [1.807, 2.05) is 62.4 Å². The van der Waals surface area contributed by atoms with Crippen LogP contribution in [0.2, 0.25) is 10.0 Å². The number of rotatable bonds is 10. The summed E-state index contributed by atoms with van der Waals surface area (Å²) in [5.41, 5.74) is 3.70. The molecule has 2 N–H and O–H groups in total. The highest BCUT2D eigenvalue weighted by Gasteiger charge is 2.35. The number of aliphatic imine (C=N–C) groups is 1. The predicted molar refractivity (Wildman–Crippen MR) is 161 cm³/mol. The van der Waals surface area contributed by atoms with Gasteiger partial charge in [-0.25, -0.2) is 0 Å². The van der Waals surface area contributed by atoms with Gasteiger partial charge in [-0.3, -0.25) is 9.79 Å². The molecule has 3 aromatic carbocycles. The van der Waals surface area contributed by atoms with Crippen LogP contribution in [0.4, 0.5) is 11.4 Å². The molecule has 0 bridgehead atoms. The van der Waals surface area contributed by atoms with Crippen molar-refractivity contribution in [2.24, 2.45) is 4.99 Å². The zero-order valence-corrected chi connectivity index (χ0v) is 24.0. The molecule has 1 heterocycles. The van der Waals surface area contributed by atoms with E-state index < -0.39 is 5.54 Å². The zero-order valence-electron chi connectivity index (χ0n) is 22.5. The number of aliphatic hydroxyl groups is 1. The SMILES string of the molecule is C=Nc1cccc(-c2ccc(C(C)(C)N(CC(O)=[NH+]c3cc(Cl)cc(Cl)c3)C(=O)CCN3CCCC3)cc2)c1. The van der Waals surface area contributed by atoms with E-state index in [1.54, 1.807) is 23.1 Å². The first kappa shape index (κ1) is 28.8. The Morgan fingerprint density at radius 3 is 2.33 bits per heavy atom. The number of likely N-dealkylation sites (tertiary alicyclic amines) is 1. The molecule has 0 saturated carbocycles. The first-order valence-corrected chi connectivity index (χ1v) is 13.9. The molecule has 0 atom stereocenters. The van der Waals surface area contributed by atoms with Gasteiger partial charge in [0.25, 0.3) is 0 Å². The number of hydrogen-bond donors (Lipinski definition) is 2. The average Bonchev–Trinajstić information content (AvgIpc) is 3.43. The smallest absolute Gasteiger partial charge is 0.358 e. The summed E-state index contributed by atoms with van der Waals surface area (Å²) in [6, 6.07) is 21.0. The Morgan fingerprint density at radius 1 is 1.03 bits per heavy atom. The minimum absolute atomic E-state index is 0.00473. The standard InChI is InChI=1S/C31H34Cl2N4O2/c1-31(2,24-11-9-22(10-12-24)23-7-6-8-27(17-23)34-3)37(30(39)13-16-36-14-4-5-15-36)21-29(38)35-28-19-25(32)18-26(33)20-28/h6-12,17-20H,3-5,13-16,21H2,1-2H3,(H,35,38)/p+1. The van der Waals surface area contributed by atoms with E-state index in [1.165, 1.54) is 12.8 Å². The van der Waals surface area contributed by atoms with Gasteiger partial charge in [0.2, 0.25) is 11.6 Å². The topological polar surface area (TPSA) is 70.1 Å². The molecule has 8 heteroatoms. The molecule has 39 heavy (non-hydrogen) atoms. The van der Waals surface area contributed by atoms with Crippen LogP contribution in [0.5, 0.6) is 0 Å². The minimum Gasteiger partial charge on any atom is -0.462 e. The van der Waals surface area contributed by atoms with Gasteiger partial charge in [0.1, 0.15) is 6.54 Å². The Bertz CT molecular complexity index is 1330. The molecule has 1 aliphatic heterocycles. The summed E-state index contributed by atoms with van der Waals surface area (Å²) < 4.78 is 0. The first-order chi connectivity index (χ1) is 18.7. The largest absolute Gasteiger partial charge is 0.462 e. The number of amides is 1. The van der Waals surface area contributed by atoms with Crippen molar-refractivity contribution in [3.63, 3.8) is 0 Å². The van der Waals surface area contributed by atoms with E-state index in [-0.39, 0.29) is 18.3 Å². The van der Waals surface area contributed by atoms with Crippen LogP contribution in [0.1, 0.15) is 38.7 Å². The molecule has 1 aliphatic rings. The van der Waals surface area contributed by atoms with E-state index in [2.05, 4.69) is 21.6 Å². The van der Waals surface area contributed by atoms with Gasteiger partial charge in [-0.05, 0) is 81.4 Å². The maximum atomic E-state index is 13.7. The van der Waals surface area contributed by atoms with Crippen LogP contribution in [-0.2, 0) is 10.3 Å². The van der Waals surface area contributed by atoms with E-state index in [0.29, 0.717) is 28.7 Å². The summed E-state index contributed by atoms with van der Waals surface area (Å²) in [4.78, 5) is 24.7. The summed E-state index contributed by atoms with van der Waals surface area (Å²) in [5, 5.41) is 11.8. The molecule has 0 aromatic heterocycles. The summed E-state index contributed by atoms with van der Waals surface area (Å²) in [6.45, 7) is 10.4. The molecular weight excluding hydrogens is 531 g/mol. The van der Waals surface area contributed by atoms with Crippen molar-refractivity contribution in [1.29, 1.82) is 0 Å². The molecule has 1 amide bonds. The van der Waals surface area contributed by atoms with Crippen LogP contribution >= 0.6 is 23.2 Å². The van der Waals surface area contributed by atoms with Crippen molar-refractivity contribution in [3.8, 4) is 11.1 Å². The third-order valence-electron chi connectivity index (χ3n) is 7.23. The average molecular weight is 567 g/mol. The van der Waals surface area contributed by atoms with Gasteiger partial charge in [0, 0.05) is 35.1 Å². The minimum atomic E-state index is -0.702. The summed E-state index contributed by atoms with van der Waals surface area (Å²) >= 11 is 12.3. The van der Waals surface area contributed by atoms with Crippen molar-refractivity contribution >= 4 is 53.1 Å². The number of carbonyl (C=O) groups excluding carboxylic acids is 1. The Morgan fingerprint density at radius 2 is 1.69 bits per heavy atom. The van der Waals surface area contributed by atoms with Crippen molar-refractivity contribution in [2.75, 3.05) is 26.2 Å². The lowest BCUT2D eigenvalue weighted by Crippen LogP contribution is -2.69. The second-order valence-corrected chi connectivity index (χ2v) is 11.2. The number of halogens is 2. The van der Waals surface area contributed by atoms with Gasteiger partial charge < -0.3 is 14.9 Å². The highest BCUT2D eigenvalue weighted by molar-refractivity contribution is 6.34. The predicted octanol–water partition coefficient (Wildman–Crippen LogP) is 5.91. The molecule has 6 nitrogen and oxygen atoms in total. The number of benzene rings is 3. The molecule has 1 fully saturated rings. The second kappa shape index (κ2) is 12.8. The molecule has 0 radical (unpaired) electrons. The van der Waals surface area contributed by atoms with Crippen LogP contribution in [0.25, 0.3) is 11.1 Å². The highest BCUT2D eigenvalue weighted by atomic mass is 35.5. The molecule has 4 rings (SSSR count). The van der Waals surface area contributed by atoms with Gasteiger partial charge in [-0.2, -0.15) is 4.99 Å². The lowest BCUT2D eigenvalue weighted by molar-refractivity contribution is -0.367. The third kappa shape index (κ3) is 7.47. The van der Waals surface area contributed by atoms with Crippen molar-refractivity contribution in [2.45, 2.75) is 38.6 Å². The molecule has 204 valence electrons. The van der Waals surface area contributed by atoms with Gasteiger partial charge in [-0.1, -0.05) is 59.6 Å². The fourth-order valence-electron chi connectivity index (χ4n) is 4.98. The maximum absolute atomic E-state index is 13.7. The van der Waals surface area contributed by atoms with Gasteiger partial charge >= 0.3 is 5.90 Å². The molecule has 3 aromatic rings.